The summed E-state index contributed by atoms with van der Waals surface area (Å²) in [5.74, 6) is -1.28. The number of halogens is 2. The first kappa shape index (κ1) is 30.0. The number of carbonyl (C=O) groups is 1. The Kier molecular flexibility index (Phi) is 8.42. The van der Waals surface area contributed by atoms with Crippen molar-refractivity contribution in [1.29, 1.82) is 0 Å². The van der Waals surface area contributed by atoms with E-state index in [9.17, 15) is 14.0 Å². The van der Waals surface area contributed by atoms with Crippen molar-refractivity contribution in [1.82, 2.24) is 19.2 Å². The van der Waals surface area contributed by atoms with Gasteiger partial charge in [-0.05, 0) is 74.0 Å². The number of fused-ring (bicyclic) bond motifs is 1. The number of hydrogen-bond donors (Lipinski definition) is 1. The minimum Gasteiger partial charge on any atom is -0.493 e. The molecule has 4 aromatic heterocycles. The summed E-state index contributed by atoms with van der Waals surface area (Å²) in [5, 5.41) is 6.91. The van der Waals surface area contributed by atoms with Crippen LogP contribution in [-0.4, -0.2) is 38.3 Å². The number of rotatable bonds is 10. The highest BCUT2D eigenvalue weighted by atomic mass is 19.1. The van der Waals surface area contributed by atoms with Crippen molar-refractivity contribution >= 4 is 17.1 Å². The van der Waals surface area contributed by atoms with E-state index in [4.69, 9.17) is 14.2 Å². The molecule has 0 aliphatic rings. The normalized spacial score (nSPS) is 11.0. The summed E-state index contributed by atoms with van der Waals surface area (Å²) in [6, 6.07) is 17.7. The van der Waals surface area contributed by atoms with Crippen LogP contribution in [0.2, 0.25) is 0 Å². The first-order chi connectivity index (χ1) is 22.4. The van der Waals surface area contributed by atoms with Crippen LogP contribution in [0.5, 0.6) is 23.1 Å². The number of pyridine rings is 2. The number of carbonyl (C=O) groups excluding carboxylic acids is 1. The third kappa shape index (κ3) is 6.00. The molecular weight excluding hydrogens is 596 g/mol. The molecule has 0 fully saturated rings. The number of aromatic nitrogens is 4. The number of benzene rings is 2. The van der Waals surface area contributed by atoms with Gasteiger partial charge in [-0.1, -0.05) is 0 Å². The van der Waals surface area contributed by atoms with Crippen molar-refractivity contribution in [2.45, 2.75) is 13.8 Å². The number of nitrogens with one attached hydrogen (secondary N) is 1. The summed E-state index contributed by atoms with van der Waals surface area (Å²) >= 11 is 0. The van der Waals surface area contributed by atoms with Gasteiger partial charge in [-0.3, -0.25) is 14.2 Å². The molecule has 12 heteroatoms. The zero-order valence-electron chi connectivity index (χ0n) is 24.7. The molecular formula is C34H27F2N5O5. The highest BCUT2D eigenvalue weighted by molar-refractivity contribution is 6.06. The number of hydrogen-bond acceptors (Lipinski definition) is 7. The van der Waals surface area contributed by atoms with E-state index in [1.807, 2.05) is 19.1 Å². The van der Waals surface area contributed by atoms with Gasteiger partial charge in [0.2, 0.25) is 5.88 Å². The summed E-state index contributed by atoms with van der Waals surface area (Å²) < 4.78 is 48.8. The summed E-state index contributed by atoms with van der Waals surface area (Å²) in [4.78, 5) is 31.0. The summed E-state index contributed by atoms with van der Waals surface area (Å²) in [7, 11) is 0. The van der Waals surface area contributed by atoms with Gasteiger partial charge in [-0.25, -0.2) is 18.3 Å². The maximum atomic E-state index is 15.4. The van der Waals surface area contributed by atoms with Crippen LogP contribution in [0.1, 0.15) is 24.2 Å². The van der Waals surface area contributed by atoms with Crippen LogP contribution in [0, 0.1) is 11.6 Å². The highest BCUT2D eigenvalue weighted by Crippen LogP contribution is 2.36. The largest absolute Gasteiger partial charge is 0.493 e. The Hall–Kier alpha value is -6.04. The molecule has 0 aliphatic heterocycles. The van der Waals surface area contributed by atoms with Gasteiger partial charge in [0.15, 0.2) is 17.3 Å². The molecule has 0 saturated carbocycles. The van der Waals surface area contributed by atoms with Gasteiger partial charge in [0.05, 0.1) is 19.4 Å². The number of amides is 1. The van der Waals surface area contributed by atoms with Crippen molar-refractivity contribution in [3.05, 3.63) is 125 Å². The zero-order valence-corrected chi connectivity index (χ0v) is 24.7. The Bertz CT molecular complexity index is 2110. The van der Waals surface area contributed by atoms with Crippen LogP contribution in [0.3, 0.4) is 0 Å². The lowest BCUT2D eigenvalue weighted by Crippen LogP contribution is -2.29. The zero-order chi connectivity index (χ0) is 32.2. The third-order valence-corrected chi connectivity index (χ3v) is 6.95. The molecule has 2 aromatic carbocycles. The Morgan fingerprint density at radius 1 is 0.848 bits per heavy atom. The van der Waals surface area contributed by atoms with Gasteiger partial charge in [-0.2, -0.15) is 5.10 Å². The summed E-state index contributed by atoms with van der Waals surface area (Å²) in [5.41, 5.74) is 1.63. The molecule has 0 radical (unpaired) electrons. The average molecular weight is 624 g/mol. The van der Waals surface area contributed by atoms with Crippen LogP contribution < -0.4 is 25.1 Å². The molecule has 0 aliphatic carbocycles. The molecule has 1 amide bonds. The van der Waals surface area contributed by atoms with Crippen molar-refractivity contribution in [3.8, 4) is 39.9 Å². The predicted octanol–water partition coefficient (Wildman–Crippen LogP) is 6.67. The third-order valence-electron chi connectivity index (χ3n) is 6.95. The van der Waals surface area contributed by atoms with E-state index in [-0.39, 0.29) is 29.4 Å². The van der Waals surface area contributed by atoms with Gasteiger partial charge < -0.3 is 19.5 Å². The molecule has 0 spiro atoms. The quantitative estimate of drug-likeness (QED) is 0.182. The smallest absolute Gasteiger partial charge is 0.271 e. The lowest BCUT2D eigenvalue weighted by molar-refractivity contribution is 0.102. The van der Waals surface area contributed by atoms with E-state index in [2.05, 4.69) is 15.4 Å². The second kappa shape index (κ2) is 12.9. The molecule has 0 atom stereocenters. The number of nitrogens with zero attached hydrogens (tertiary/aromatic N) is 4. The molecule has 4 heterocycles. The Morgan fingerprint density at radius 2 is 1.65 bits per heavy atom. The maximum absolute atomic E-state index is 15.4. The van der Waals surface area contributed by atoms with Gasteiger partial charge >= 0.3 is 0 Å². The fraction of sp³-hybridized carbons (Fsp3) is 0.118. The van der Waals surface area contributed by atoms with Crippen molar-refractivity contribution in [2.24, 2.45) is 0 Å². The SMILES string of the molecule is CCOc1cc(-c2ccn3nccc(Oc4ccc(NC(=O)c5c(OCC)ccn(-c6ccc(F)cc6)c5=O)cc4F)c23)ccn1. The topological polar surface area (TPSA) is 109 Å². The summed E-state index contributed by atoms with van der Waals surface area (Å²) in [6.45, 7) is 4.24. The van der Waals surface area contributed by atoms with Crippen molar-refractivity contribution < 1.29 is 27.8 Å². The lowest BCUT2D eigenvalue weighted by atomic mass is 10.1. The van der Waals surface area contributed by atoms with Crippen LogP contribution in [-0.2, 0) is 0 Å². The second-order valence-corrected chi connectivity index (χ2v) is 9.87. The molecule has 1 N–H and O–H groups in total. The van der Waals surface area contributed by atoms with Gasteiger partial charge in [0.1, 0.15) is 22.6 Å². The molecule has 10 nitrogen and oxygen atoms in total. The molecule has 232 valence electrons. The van der Waals surface area contributed by atoms with E-state index in [0.29, 0.717) is 29.4 Å². The highest BCUT2D eigenvalue weighted by Gasteiger charge is 2.21. The van der Waals surface area contributed by atoms with Gasteiger partial charge in [0, 0.05) is 53.7 Å². The van der Waals surface area contributed by atoms with Crippen LogP contribution in [0.25, 0.3) is 22.3 Å². The Labute approximate surface area is 261 Å². The standard InChI is InChI=1S/C34H27F2N5O5/c1-3-44-28-14-17-40(24-8-5-22(35)6-9-24)34(43)31(28)33(42)39-23-7-10-27(26(36)20-23)46-29-12-16-38-41-18-13-25(32(29)41)21-11-15-37-30(19-21)45-4-2/h5-20H,3-4H2,1-2H3,(H,39,42). The number of ether oxygens (including phenoxy) is 3. The maximum Gasteiger partial charge on any atom is 0.271 e. The van der Waals surface area contributed by atoms with E-state index in [1.54, 1.807) is 36.0 Å². The molecule has 0 unspecified atom stereocenters. The van der Waals surface area contributed by atoms with E-state index < -0.39 is 23.1 Å². The van der Waals surface area contributed by atoms with E-state index >= 15 is 4.39 Å². The first-order valence-corrected chi connectivity index (χ1v) is 14.3. The fourth-order valence-electron chi connectivity index (χ4n) is 4.92. The molecule has 6 aromatic rings. The average Bonchev–Trinajstić information content (AvgIpc) is 3.49. The molecule has 0 saturated heterocycles. The monoisotopic (exact) mass is 623 g/mol. The Morgan fingerprint density at radius 3 is 2.41 bits per heavy atom. The van der Waals surface area contributed by atoms with Crippen molar-refractivity contribution in [3.63, 3.8) is 0 Å². The van der Waals surface area contributed by atoms with Crippen molar-refractivity contribution in [2.75, 3.05) is 18.5 Å². The molecule has 0 bridgehead atoms. The molecule has 6 rings (SSSR count). The molecule has 46 heavy (non-hydrogen) atoms. The predicted molar refractivity (Wildman–Crippen MR) is 167 cm³/mol. The number of anilines is 1. The van der Waals surface area contributed by atoms with Gasteiger partial charge in [-0.15, -0.1) is 0 Å². The Balaban J connectivity index is 1.28. The fourth-order valence-corrected chi connectivity index (χ4v) is 4.92. The first-order valence-electron chi connectivity index (χ1n) is 14.3. The lowest BCUT2D eigenvalue weighted by Gasteiger charge is -2.14. The second-order valence-electron chi connectivity index (χ2n) is 9.87. The van der Waals surface area contributed by atoms with E-state index in [0.717, 1.165) is 17.2 Å². The minimum absolute atomic E-state index is 0.0519. The minimum atomic E-state index is -0.810. The van der Waals surface area contributed by atoms with Crippen LogP contribution in [0.4, 0.5) is 14.5 Å². The summed E-state index contributed by atoms with van der Waals surface area (Å²) in [6.07, 6.45) is 6.36. The van der Waals surface area contributed by atoms with Crippen LogP contribution >= 0.6 is 0 Å². The van der Waals surface area contributed by atoms with Gasteiger partial charge in [0.25, 0.3) is 11.5 Å². The van der Waals surface area contributed by atoms with Crippen LogP contribution in [0.15, 0.2) is 102 Å². The van der Waals surface area contributed by atoms with E-state index in [1.165, 1.54) is 59.4 Å².